The highest BCUT2D eigenvalue weighted by atomic mass is 79.9. The van der Waals surface area contributed by atoms with Crippen molar-refractivity contribution in [2.24, 2.45) is 0 Å². The standard InChI is InChI=1S/C19H19BrN6O2/c1-12(27)24-6-7-26-14(9-24)11-28-16-8-13(2-3-15(16)26)22-18-19-21-4-5-25(19)10-17(20)23-18/h2-5,8,10,14H,6-7,9,11H2,1H3,(H,22,23)/t14-/m1/s1. The van der Waals surface area contributed by atoms with Crippen molar-refractivity contribution in [2.75, 3.05) is 36.5 Å². The van der Waals surface area contributed by atoms with Crippen LogP contribution in [-0.4, -0.2) is 57.5 Å². The van der Waals surface area contributed by atoms with E-state index in [4.69, 9.17) is 4.74 Å². The molecule has 1 saturated heterocycles. The van der Waals surface area contributed by atoms with Gasteiger partial charge in [-0.3, -0.25) is 4.79 Å². The van der Waals surface area contributed by atoms with Gasteiger partial charge in [0.15, 0.2) is 11.5 Å². The zero-order chi connectivity index (χ0) is 19.3. The van der Waals surface area contributed by atoms with Crippen molar-refractivity contribution in [1.82, 2.24) is 19.3 Å². The molecule has 1 aromatic carbocycles. The minimum Gasteiger partial charge on any atom is -0.489 e. The lowest BCUT2D eigenvalue weighted by Gasteiger charge is -2.45. The maximum Gasteiger partial charge on any atom is 0.219 e. The number of nitrogens with zero attached hydrogens (tertiary/aromatic N) is 5. The van der Waals surface area contributed by atoms with Crippen LogP contribution in [0.4, 0.5) is 17.2 Å². The van der Waals surface area contributed by atoms with Crippen LogP contribution in [0.5, 0.6) is 5.75 Å². The van der Waals surface area contributed by atoms with Crippen LogP contribution < -0.4 is 15.0 Å². The molecular formula is C19H19BrN6O2. The summed E-state index contributed by atoms with van der Waals surface area (Å²) < 4.78 is 8.66. The van der Waals surface area contributed by atoms with Crippen molar-refractivity contribution >= 4 is 44.7 Å². The van der Waals surface area contributed by atoms with Gasteiger partial charge in [0.2, 0.25) is 5.91 Å². The van der Waals surface area contributed by atoms with E-state index < -0.39 is 0 Å². The second-order valence-electron chi connectivity index (χ2n) is 7.00. The van der Waals surface area contributed by atoms with Crippen molar-refractivity contribution in [3.05, 3.63) is 41.4 Å². The van der Waals surface area contributed by atoms with Crippen LogP contribution in [0.15, 0.2) is 41.4 Å². The Balaban J connectivity index is 1.41. The largest absolute Gasteiger partial charge is 0.489 e. The minimum absolute atomic E-state index is 0.122. The first kappa shape index (κ1) is 17.3. The molecule has 0 aliphatic carbocycles. The topological polar surface area (TPSA) is 75.0 Å². The fraction of sp³-hybridized carbons (Fsp3) is 0.316. The minimum atomic E-state index is 0.122. The number of fused-ring (bicyclic) bond motifs is 4. The third-order valence-corrected chi connectivity index (χ3v) is 5.62. The smallest absolute Gasteiger partial charge is 0.219 e. The number of nitrogens with one attached hydrogen (secondary N) is 1. The van der Waals surface area contributed by atoms with E-state index in [1.807, 2.05) is 33.8 Å². The van der Waals surface area contributed by atoms with Crippen LogP contribution >= 0.6 is 15.9 Å². The maximum atomic E-state index is 11.7. The van der Waals surface area contributed by atoms with Gasteiger partial charge in [-0.1, -0.05) is 0 Å². The molecular weight excluding hydrogens is 424 g/mol. The van der Waals surface area contributed by atoms with Crippen LogP contribution in [0.2, 0.25) is 0 Å². The van der Waals surface area contributed by atoms with Gasteiger partial charge in [0.05, 0.1) is 11.7 Å². The molecule has 8 nitrogen and oxygen atoms in total. The Morgan fingerprint density at radius 1 is 1.36 bits per heavy atom. The van der Waals surface area contributed by atoms with Gasteiger partial charge in [-0.2, -0.15) is 0 Å². The fourth-order valence-corrected chi connectivity index (χ4v) is 4.25. The molecule has 1 atom stereocenters. The summed E-state index contributed by atoms with van der Waals surface area (Å²) in [6, 6.07) is 6.27. The van der Waals surface area contributed by atoms with Gasteiger partial charge in [0, 0.05) is 56.9 Å². The maximum absolute atomic E-state index is 11.7. The van der Waals surface area contributed by atoms with E-state index in [0.29, 0.717) is 19.0 Å². The number of hydrogen-bond donors (Lipinski definition) is 1. The Morgan fingerprint density at radius 2 is 2.25 bits per heavy atom. The Hall–Kier alpha value is -2.81. The summed E-state index contributed by atoms with van der Waals surface area (Å²) >= 11 is 3.44. The first-order chi connectivity index (χ1) is 13.6. The number of hydrogen-bond acceptors (Lipinski definition) is 6. The highest BCUT2D eigenvalue weighted by molar-refractivity contribution is 9.10. The van der Waals surface area contributed by atoms with Crippen LogP contribution in [0, 0.1) is 0 Å². The predicted octanol–water partition coefficient (Wildman–Crippen LogP) is 2.66. The van der Waals surface area contributed by atoms with Gasteiger partial charge in [0.25, 0.3) is 0 Å². The molecule has 1 fully saturated rings. The lowest BCUT2D eigenvalue weighted by Crippen LogP contribution is -2.58. The number of anilines is 3. The summed E-state index contributed by atoms with van der Waals surface area (Å²) in [5.74, 6) is 1.63. The van der Waals surface area contributed by atoms with Crippen LogP contribution in [0.3, 0.4) is 0 Å². The van der Waals surface area contributed by atoms with Crippen LogP contribution in [-0.2, 0) is 4.79 Å². The zero-order valence-electron chi connectivity index (χ0n) is 15.3. The third kappa shape index (κ3) is 2.95. The second kappa shape index (κ2) is 6.66. The monoisotopic (exact) mass is 442 g/mol. The van der Waals surface area contributed by atoms with Crippen molar-refractivity contribution in [2.45, 2.75) is 13.0 Å². The lowest BCUT2D eigenvalue weighted by atomic mass is 10.1. The summed E-state index contributed by atoms with van der Waals surface area (Å²) in [4.78, 5) is 24.8. The molecule has 0 spiro atoms. The van der Waals surface area contributed by atoms with Gasteiger partial charge in [-0.15, -0.1) is 0 Å². The van der Waals surface area contributed by atoms with E-state index in [9.17, 15) is 4.79 Å². The SMILES string of the molecule is CC(=O)N1CCN2c3ccc(Nc4nc(Br)cn5ccnc45)cc3OC[C@H]2C1. The van der Waals surface area contributed by atoms with Crippen molar-refractivity contribution in [1.29, 1.82) is 0 Å². The number of carbonyl (C=O) groups is 1. The quantitative estimate of drug-likeness (QED) is 0.657. The second-order valence-corrected chi connectivity index (χ2v) is 7.81. The Labute approximate surface area is 170 Å². The first-order valence-electron chi connectivity index (χ1n) is 9.14. The molecule has 3 aromatic rings. The summed E-state index contributed by atoms with van der Waals surface area (Å²) in [5.41, 5.74) is 2.70. The Kier molecular flexibility index (Phi) is 4.12. The van der Waals surface area contributed by atoms with E-state index in [2.05, 4.69) is 42.2 Å². The molecule has 4 heterocycles. The fourth-order valence-electron chi connectivity index (χ4n) is 3.85. The van der Waals surface area contributed by atoms with Gasteiger partial charge in [0.1, 0.15) is 17.0 Å². The molecule has 2 aliphatic heterocycles. The lowest BCUT2D eigenvalue weighted by molar-refractivity contribution is -0.129. The van der Waals surface area contributed by atoms with E-state index in [1.54, 1.807) is 13.1 Å². The third-order valence-electron chi connectivity index (χ3n) is 5.24. The molecule has 1 N–H and O–H groups in total. The molecule has 5 rings (SSSR count). The summed E-state index contributed by atoms with van der Waals surface area (Å²) in [5, 5.41) is 3.34. The summed E-state index contributed by atoms with van der Waals surface area (Å²) in [6.07, 6.45) is 5.49. The number of amides is 1. The molecule has 0 unspecified atom stereocenters. The number of imidazole rings is 1. The molecule has 1 amide bonds. The van der Waals surface area contributed by atoms with E-state index in [0.717, 1.165) is 40.5 Å². The average molecular weight is 443 g/mol. The van der Waals surface area contributed by atoms with Crippen LogP contribution in [0.25, 0.3) is 5.65 Å². The Morgan fingerprint density at radius 3 is 3.11 bits per heavy atom. The van der Waals surface area contributed by atoms with Crippen LogP contribution in [0.1, 0.15) is 6.92 Å². The highest BCUT2D eigenvalue weighted by Gasteiger charge is 2.33. The molecule has 28 heavy (non-hydrogen) atoms. The van der Waals surface area contributed by atoms with Gasteiger partial charge in [-0.05, 0) is 28.1 Å². The number of rotatable bonds is 2. The van der Waals surface area contributed by atoms with Gasteiger partial charge in [-0.25, -0.2) is 9.97 Å². The first-order valence-corrected chi connectivity index (χ1v) is 9.93. The summed E-state index contributed by atoms with van der Waals surface area (Å²) in [6.45, 7) is 4.45. The van der Waals surface area contributed by atoms with Gasteiger partial charge < -0.3 is 24.3 Å². The molecule has 0 radical (unpaired) electrons. The van der Waals surface area contributed by atoms with E-state index in [1.165, 1.54) is 0 Å². The van der Waals surface area contributed by atoms with E-state index in [-0.39, 0.29) is 11.9 Å². The molecule has 144 valence electrons. The van der Waals surface area contributed by atoms with Crippen molar-refractivity contribution in [3.63, 3.8) is 0 Å². The van der Waals surface area contributed by atoms with Gasteiger partial charge >= 0.3 is 0 Å². The number of ether oxygens (including phenoxy) is 1. The van der Waals surface area contributed by atoms with E-state index >= 15 is 0 Å². The number of piperazine rings is 1. The molecule has 2 aliphatic rings. The number of aromatic nitrogens is 3. The van der Waals surface area contributed by atoms with Crippen molar-refractivity contribution < 1.29 is 9.53 Å². The highest BCUT2D eigenvalue weighted by Crippen LogP contribution is 2.38. The van der Waals surface area contributed by atoms with Crippen molar-refractivity contribution in [3.8, 4) is 5.75 Å². The number of carbonyl (C=O) groups excluding carboxylic acids is 1. The molecule has 0 saturated carbocycles. The molecule has 0 bridgehead atoms. The zero-order valence-corrected chi connectivity index (χ0v) is 16.9. The Bertz CT molecular complexity index is 1070. The number of halogens is 1. The average Bonchev–Trinajstić information content (AvgIpc) is 3.15. The summed E-state index contributed by atoms with van der Waals surface area (Å²) in [7, 11) is 0. The normalized spacial score (nSPS) is 18.4. The predicted molar refractivity (Wildman–Crippen MR) is 109 cm³/mol. The number of benzene rings is 1. The molecule has 9 heteroatoms. The molecule has 2 aromatic heterocycles.